The monoisotopic (exact) mass is 433 g/mol. The van der Waals surface area contributed by atoms with Gasteiger partial charge in [0.05, 0.1) is 7.11 Å². The Morgan fingerprint density at radius 2 is 1.52 bits per heavy atom. The minimum atomic E-state index is -0.677. The number of hydrogen-bond donors (Lipinski definition) is 0. The van der Waals surface area contributed by atoms with Crippen molar-refractivity contribution >= 4 is 11.0 Å². The molecule has 0 fully saturated rings. The van der Waals surface area contributed by atoms with E-state index < -0.39 is 5.63 Å². The number of nitrogens with zero attached hydrogens (tertiary/aromatic N) is 1. The summed E-state index contributed by atoms with van der Waals surface area (Å²) in [5.74, 6) is 1.67. The fourth-order valence-electron chi connectivity index (χ4n) is 4.12. The van der Waals surface area contributed by atoms with E-state index in [1.54, 1.807) is 20.1 Å². The number of fused-ring (bicyclic) bond motifs is 1. The second kappa shape index (κ2) is 8.18. The minimum Gasteiger partial charge on any atom is -0.496 e. The first-order valence-electron chi connectivity index (χ1n) is 10.4. The van der Waals surface area contributed by atoms with E-state index >= 15 is 0 Å². The minimum absolute atomic E-state index is 0.0728. The zero-order valence-corrected chi connectivity index (χ0v) is 18.1. The summed E-state index contributed by atoms with van der Waals surface area (Å²) >= 11 is 0. The first-order chi connectivity index (χ1) is 16.1. The normalized spacial score (nSPS) is 10.8. The van der Waals surface area contributed by atoms with E-state index in [1.807, 2.05) is 78.9 Å². The van der Waals surface area contributed by atoms with Crippen LogP contribution in [0, 0.1) is 18.3 Å². The number of ether oxygens (including phenoxy) is 1. The van der Waals surface area contributed by atoms with Crippen LogP contribution >= 0.6 is 0 Å². The topological polar surface area (TPSA) is 76.4 Å². The predicted molar refractivity (Wildman–Crippen MR) is 127 cm³/mol. The molecule has 0 unspecified atom stereocenters. The summed E-state index contributed by atoms with van der Waals surface area (Å²) in [5.41, 5.74) is 3.82. The second-order valence-corrected chi connectivity index (χ2v) is 7.63. The molecule has 3 aromatic carbocycles. The van der Waals surface area contributed by atoms with Crippen molar-refractivity contribution in [3.05, 3.63) is 101 Å². The van der Waals surface area contributed by atoms with Crippen molar-refractivity contribution in [1.29, 1.82) is 5.26 Å². The Balaban J connectivity index is 1.86. The van der Waals surface area contributed by atoms with Crippen LogP contribution in [0.25, 0.3) is 44.5 Å². The molecule has 5 nitrogen and oxygen atoms in total. The van der Waals surface area contributed by atoms with Gasteiger partial charge in [0, 0.05) is 27.6 Å². The van der Waals surface area contributed by atoms with Gasteiger partial charge in [-0.1, -0.05) is 60.7 Å². The molecule has 0 N–H and O–H groups in total. The number of aryl methyl sites for hydroxylation is 1. The average Bonchev–Trinajstić information content (AvgIpc) is 3.22. The van der Waals surface area contributed by atoms with Crippen LogP contribution < -0.4 is 10.4 Å². The highest BCUT2D eigenvalue weighted by molar-refractivity contribution is 6.04. The van der Waals surface area contributed by atoms with E-state index in [-0.39, 0.29) is 5.56 Å². The lowest BCUT2D eigenvalue weighted by Crippen LogP contribution is -2.07. The fourth-order valence-corrected chi connectivity index (χ4v) is 4.12. The maximum Gasteiger partial charge on any atom is 0.354 e. The Labute approximate surface area is 190 Å². The Bertz CT molecular complexity index is 1570. The van der Waals surface area contributed by atoms with Crippen LogP contribution in [-0.2, 0) is 0 Å². The van der Waals surface area contributed by atoms with E-state index in [9.17, 15) is 10.1 Å². The third-order valence-corrected chi connectivity index (χ3v) is 5.59. The molecule has 0 saturated heterocycles. The lowest BCUT2D eigenvalue weighted by molar-refractivity contribution is 0.416. The number of benzene rings is 3. The molecule has 33 heavy (non-hydrogen) atoms. The Kier molecular flexibility index (Phi) is 5.04. The number of furan rings is 1. The molecule has 5 rings (SSSR count). The van der Waals surface area contributed by atoms with Crippen molar-refractivity contribution in [2.45, 2.75) is 6.92 Å². The van der Waals surface area contributed by atoms with Crippen LogP contribution in [0.4, 0.5) is 0 Å². The van der Waals surface area contributed by atoms with Crippen LogP contribution in [0.15, 0.2) is 92.5 Å². The van der Waals surface area contributed by atoms with Gasteiger partial charge < -0.3 is 13.6 Å². The van der Waals surface area contributed by atoms with Crippen LogP contribution in [0.2, 0.25) is 0 Å². The molecule has 0 atom stereocenters. The predicted octanol–water partition coefficient (Wildman–Crippen LogP) is 6.58. The van der Waals surface area contributed by atoms with Crippen molar-refractivity contribution in [3.8, 4) is 45.4 Å². The van der Waals surface area contributed by atoms with Gasteiger partial charge in [-0.3, -0.25) is 0 Å². The van der Waals surface area contributed by atoms with Gasteiger partial charge in [0.25, 0.3) is 0 Å². The molecule has 0 aliphatic carbocycles. The molecular formula is C28H19NO4. The molecule has 0 aliphatic rings. The van der Waals surface area contributed by atoms with Gasteiger partial charge in [-0.15, -0.1) is 0 Å². The Hall–Kier alpha value is -4.56. The van der Waals surface area contributed by atoms with Crippen LogP contribution in [0.3, 0.4) is 0 Å². The van der Waals surface area contributed by atoms with Gasteiger partial charge in [0.1, 0.15) is 34.5 Å². The second-order valence-electron chi connectivity index (χ2n) is 7.63. The van der Waals surface area contributed by atoms with Gasteiger partial charge in [0.15, 0.2) is 0 Å². The van der Waals surface area contributed by atoms with Gasteiger partial charge in [0.2, 0.25) is 0 Å². The Morgan fingerprint density at radius 3 is 2.15 bits per heavy atom. The standard InChI is InChI=1S/C28H19NO4/c1-17-13-20(23(16-29)28(30)32-17)21-14-25-22(15-24(21)31-2)26(18-9-5-3-6-10-18)27(33-25)19-11-7-4-8-12-19/h3-15H,1-2H3. The van der Waals surface area contributed by atoms with Crippen molar-refractivity contribution in [2.24, 2.45) is 0 Å². The lowest BCUT2D eigenvalue weighted by Gasteiger charge is -2.11. The maximum atomic E-state index is 12.3. The molecule has 0 spiro atoms. The van der Waals surface area contributed by atoms with Crippen LogP contribution in [-0.4, -0.2) is 7.11 Å². The van der Waals surface area contributed by atoms with E-state index in [1.165, 1.54) is 0 Å². The molecule has 0 saturated carbocycles. The smallest absolute Gasteiger partial charge is 0.354 e. The molecular weight excluding hydrogens is 414 g/mol. The van der Waals surface area contributed by atoms with Gasteiger partial charge in [-0.25, -0.2) is 4.79 Å². The molecule has 5 heteroatoms. The van der Waals surface area contributed by atoms with E-state index in [4.69, 9.17) is 13.6 Å². The number of nitriles is 1. The third-order valence-electron chi connectivity index (χ3n) is 5.59. The number of hydrogen-bond acceptors (Lipinski definition) is 5. The maximum absolute atomic E-state index is 12.3. The zero-order valence-electron chi connectivity index (χ0n) is 18.1. The summed E-state index contributed by atoms with van der Waals surface area (Å²) in [7, 11) is 1.56. The fraction of sp³-hybridized carbons (Fsp3) is 0.0714. The summed E-state index contributed by atoms with van der Waals surface area (Å²) in [4.78, 5) is 12.3. The molecule has 0 amide bonds. The van der Waals surface area contributed by atoms with Crippen molar-refractivity contribution < 1.29 is 13.6 Å². The first kappa shape index (κ1) is 20.3. The van der Waals surface area contributed by atoms with Crippen LogP contribution in [0.1, 0.15) is 11.3 Å². The Morgan fingerprint density at radius 1 is 0.848 bits per heavy atom. The molecule has 2 aromatic heterocycles. The van der Waals surface area contributed by atoms with Gasteiger partial charge in [-0.2, -0.15) is 5.26 Å². The summed E-state index contributed by atoms with van der Waals surface area (Å²) in [5, 5.41) is 10.5. The van der Waals surface area contributed by atoms with E-state index in [0.29, 0.717) is 28.2 Å². The highest BCUT2D eigenvalue weighted by atomic mass is 16.5. The number of methoxy groups -OCH3 is 1. The molecule has 0 aliphatic heterocycles. The van der Waals surface area contributed by atoms with E-state index in [2.05, 4.69) is 0 Å². The lowest BCUT2D eigenvalue weighted by atomic mass is 9.95. The third kappa shape index (κ3) is 3.48. The van der Waals surface area contributed by atoms with Crippen molar-refractivity contribution in [1.82, 2.24) is 0 Å². The highest BCUT2D eigenvalue weighted by Gasteiger charge is 2.22. The molecule has 0 bridgehead atoms. The highest BCUT2D eigenvalue weighted by Crippen LogP contribution is 2.45. The largest absolute Gasteiger partial charge is 0.496 e. The molecule has 160 valence electrons. The van der Waals surface area contributed by atoms with Crippen molar-refractivity contribution in [3.63, 3.8) is 0 Å². The van der Waals surface area contributed by atoms with Crippen molar-refractivity contribution in [2.75, 3.05) is 7.11 Å². The first-order valence-corrected chi connectivity index (χ1v) is 10.4. The van der Waals surface area contributed by atoms with Crippen LogP contribution in [0.5, 0.6) is 5.75 Å². The summed E-state index contributed by atoms with van der Waals surface area (Å²) in [6.45, 7) is 1.67. The molecule has 0 radical (unpaired) electrons. The van der Waals surface area contributed by atoms with Gasteiger partial charge in [-0.05, 0) is 30.7 Å². The summed E-state index contributed by atoms with van der Waals surface area (Å²) in [6, 6.07) is 27.3. The summed E-state index contributed by atoms with van der Waals surface area (Å²) < 4.78 is 17.2. The SMILES string of the molecule is COc1cc2c(-c3ccccc3)c(-c3ccccc3)oc2cc1-c1cc(C)oc(=O)c1C#N. The zero-order chi connectivity index (χ0) is 22.9. The summed E-state index contributed by atoms with van der Waals surface area (Å²) in [6.07, 6.45) is 0. The van der Waals surface area contributed by atoms with E-state index in [0.717, 1.165) is 27.8 Å². The number of rotatable bonds is 4. The molecule has 2 heterocycles. The molecule has 5 aromatic rings. The quantitative estimate of drug-likeness (QED) is 0.320. The van der Waals surface area contributed by atoms with Gasteiger partial charge >= 0.3 is 5.63 Å². The average molecular weight is 433 g/mol.